The van der Waals surface area contributed by atoms with E-state index in [4.69, 9.17) is 163 Å². The molecule has 46 heteroatoms. The fraction of sp³-hybridized carbons (Fsp3) is 0.608. The lowest BCUT2D eigenvalue weighted by molar-refractivity contribution is -0.390. The summed E-state index contributed by atoms with van der Waals surface area (Å²) in [6.45, 7) is 7.65. The zero-order valence-corrected chi connectivity index (χ0v) is 68.8. The average molecular weight is 1770 g/mol. The molecule has 5 saturated heterocycles. The second-order valence-corrected chi connectivity index (χ2v) is 29.0. The number of halogens is 3. The lowest BCUT2D eigenvalue weighted by Gasteiger charge is -2.51. The first kappa shape index (κ1) is 97.1. The quantitative estimate of drug-likeness (QED) is 0.0360. The molecule has 662 valence electrons. The fourth-order valence-electron chi connectivity index (χ4n) is 12.8. The predicted molar refractivity (Wildman–Crippen MR) is 386 cm³/mol. The van der Waals surface area contributed by atoms with Gasteiger partial charge in [0.15, 0.2) is 111 Å². The van der Waals surface area contributed by atoms with Gasteiger partial charge in [0, 0.05) is 96.9 Å². The first-order valence-electron chi connectivity index (χ1n) is 36.3. The minimum Gasteiger partial charge on any atom is -0.463 e. The van der Waals surface area contributed by atoms with Crippen LogP contribution >= 0.6 is 34.8 Å². The summed E-state index contributed by atoms with van der Waals surface area (Å²) in [6, 6.07) is 13.4. The van der Waals surface area contributed by atoms with E-state index in [1.165, 1.54) is 60.7 Å². The van der Waals surface area contributed by atoms with E-state index in [9.17, 15) is 67.1 Å². The maximum Gasteiger partial charge on any atom is 0.338 e. The van der Waals surface area contributed by atoms with Gasteiger partial charge in [0.05, 0.1) is 17.7 Å². The molecule has 5 fully saturated rings. The van der Waals surface area contributed by atoms with Crippen LogP contribution in [0.1, 0.15) is 118 Å². The van der Waals surface area contributed by atoms with E-state index in [-0.39, 0.29) is 11.1 Å². The van der Waals surface area contributed by atoms with Gasteiger partial charge in [0.25, 0.3) is 3.79 Å². The van der Waals surface area contributed by atoms with Crippen molar-refractivity contribution < 1.29 is 200 Å². The molecule has 0 saturated carbocycles. The van der Waals surface area contributed by atoms with E-state index in [1.807, 2.05) is 0 Å². The number of benzene rings is 2. The molecule has 0 amide bonds. The molecule has 2 aromatic carbocycles. The van der Waals surface area contributed by atoms with Crippen LogP contribution < -0.4 is 0 Å². The first-order valence-corrected chi connectivity index (χ1v) is 37.5. The van der Waals surface area contributed by atoms with Crippen LogP contribution in [-0.2, 0) is 190 Å². The standard InChI is InChI=1S/C74H88Cl3NO42/c1-30(79)95-25-46-51(100-34(5)83)56(104-38(9)87)61(118-69-62(108-42(13)91)57(105-39(10)88)52(101-35(6)84)47(111-69)26-96-31(2)80)68(110-46)99-29-50-55(115-66(93)44-21-17-15-18-22-44)60(64(72(114-50)120-73(78)74(75,76)77)116-67(94)45-23-19-16-20-24-45)117-71-65(59(107-41(12)90)54(103-37(8)86)49(113-71)28-98-33(4)82)119-70-63(109-43(14)92)58(106-40(11)89)53(102-36(7)85)48(112-70)27-97-32(3)81/h15-24,46-65,68-72,78H,25-29H2,1-14H3/t46-,47-,48-,49-,50-,51-,52-,53-,54-,55-,56+,57+,58+,59+,60+,61+,62+,63+,64+,65+,68+,69-,70-,71-,72-/m1/s1. The summed E-state index contributed by atoms with van der Waals surface area (Å²) >= 11 is 19.0. The van der Waals surface area contributed by atoms with Crippen molar-refractivity contribution in [3.63, 3.8) is 0 Å². The van der Waals surface area contributed by atoms with E-state index < -0.39 is 292 Å². The maximum absolute atomic E-state index is 15.3. The molecular formula is C74H88Cl3NO42. The van der Waals surface area contributed by atoms with Crippen LogP contribution in [0.2, 0.25) is 0 Å². The first-order chi connectivity index (χ1) is 56.4. The molecule has 5 aliphatic rings. The third-order valence-corrected chi connectivity index (χ3v) is 17.6. The van der Waals surface area contributed by atoms with Gasteiger partial charge in [0.1, 0.15) is 63.1 Å². The second-order valence-electron chi connectivity index (χ2n) is 26.7. The van der Waals surface area contributed by atoms with Gasteiger partial charge in [-0.25, -0.2) is 9.59 Å². The highest BCUT2D eigenvalue weighted by Crippen LogP contribution is 2.42. The number of carbonyl (C=O) groups is 16. The number of hydrogen-bond donors (Lipinski definition) is 1. The van der Waals surface area contributed by atoms with Crippen molar-refractivity contribution in [2.75, 3.05) is 33.0 Å². The van der Waals surface area contributed by atoms with Crippen LogP contribution in [0.5, 0.6) is 0 Å². The third kappa shape index (κ3) is 28.3. The average Bonchev–Trinajstić information content (AvgIpc) is 0.758. The fourth-order valence-corrected chi connectivity index (χ4v) is 12.9. The summed E-state index contributed by atoms with van der Waals surface area (Å²) in [5, 5.41) is 9.06. The Balaban J connectivity index is 1.57. The molecule has 1 N–H and O–H groups in total. The van der Waals surface area contributed by atoms with Gasteiger partial charge in [-0.05, 0) is 24.3 Å². The van der Waals surface area contributed by atoms with Crippen molar-refractivity contribution >= 4 is 136 Å². The zero-order valence-electron chi connectivity index (χ0n) is 66.5. The summed E-state index contributed by atoms with van der Waals surface area (Å²) in [7, 11) is 0. The van der Waals surface area contributed by atoms with E-state index >= 15 is 9.59 Å². The largest absolute Gasteiger partial charge is 0.463 e. The Morgan fingerprint density at radius 3 is 0.792 bits per heavy atom. The van der Waals surface area contributed by atoms with Crippen LogP contribution in [0.4, 0.5) is 0 Å². The summed E-state index contributed by atoms with van der Waals surface area (Å²) in [6.07, 6.45) is -54.8. The number of alkyl halides is 3. The minimum atomic E-state index is -2.92. The Morgan fingerprint density at radius 1 is 0.267 bits per heavy atom. The van der Waals surface area contributed by atoms with Crippen molar-refractivity contribution in [1.29, 1.82) is 5.41 Å². The zero-order chi connectivity index (χ0) is 88.9. The van der Waals surface area contributed by atoms with E-state index in [0.29, 0.717) is 0 Å². The SMILES string of the molecule is CC(=O)OC[C@H]1O[C@H](O[C@@H]2[C@@H](OC[C@H]3O[C@H](OC(=N)C(Cl)(Cl)Cl)[C@@H](OC(=O)c4ccccc4)[C@@H](O[C@H]4O[C@H](COC(C)=O)[C@@H](OC(C)=O)[C@H](OC(C)=O)[C@@H]4O[C@H]4O[C@H](COC(C)=O)[C@@H](OC(C)=O)[C@H](OC(C)=O)[C@@H]4OC(C)=O)[C@@H]3OC(=O)c3ccccc3)O[C@H](COC(C)=O)[C@@H](OC(C)=O)[C@@H]2OC(C)=O)[C@@H](OC(C)=O)[C@@H](OC(C)=O)[C@@H]1OC(C)=O. The Morgan fingerprint density at radius 2 is 0.492 bits per heavy atom. The molecule has 0 radical (unpaired) electrons. The molecule has 43 nitrogen and oxygen atoms in total. The molecule has 0 aromatic heterocycles. The molecule has 0 unspecified atom stereocenters. The summed E-state index contributed by atoms with van der Waals surface area (Å²) < 4.78 is 154. The number of hydrogen-bond acceptors (Lipinski definition) is 43. The topological polar surface area (TPSA) is 537 Å². The summed E-state index contributed by atoms with van der Waals surface area (Å²) in [5.41, 5.74) is -0.587. The van der Waals surface area contributed by atoms with Crippen LogP contribution in [0.25, 0.3) is 0 Å². The van der Waals surface area contributed by atoms with Crippen molar-refractivity contribution in [1.82, 2.24) is 0 Å². The van der Waals surface area contributed by atoms with Crippen LogP contribution in [0.3, 0.4) is 0 Å². The van der Waals surface area contributed by atoms with E-state index in [2.05, 4.69) is 0 Å². The Labute approximate surface area is 697 Å². The Bertz CT molecular complexity index is 4010. The highest BCUT2D eigenvalue weighted by atomic mass is 35.6. The monoisotopic (exact) mass is 1770 g/mol. The van der Waals surface area contributed by atoms with Crippen LogP contribution in [0, 0.1) is 5.41 Å². The molecule has 7 rings (SSSR count). The van der Waals surface area contributed by atoms with Gasteiger partial charge in [-0.1, -0.05) is 71.2 Å². The number of esters is 16. The molecule has 120 heavy (non-hydrogen) atoms. The predicted octanol–water partition coefficient (Wildman–Crippen LogP) is 2.17. The Hall–Kier alpha value is -10.1. The van der Waals surface area contributed by atoms with E-state index in [1.54, 1.807) is 0 Å². The second kappa shape index (κ2) is 44.5. The van der Waals surface area contributed by atoms with Gasteiger partial charge in [-0.2, -0.15) is 0 Å². The normalized spacial score (nSPS) is 30.2. The summed E-state index contributed by atoms with van der Waals surface area (Å²) in [5.74, 6) is -19.6. The van der Waals surface area contributed by atoms with Crippen molar-refractivity contribution in [2.24, 2.45) is 0 Å². The minimum absolute atomic E-state index is 0.288. The smallest absolute Gasteiger partial charge is 0.338 e. The highest BCUT2D eigenvalue weighted by molar-refractivity contribution is 6.76. The number of ether oxygens (including phenoxy) is 26. The highest BCUT2D eigenvalue weighted by Gasteiger charge is 2.63. The molecule has 2 aromatic rings. The van der Waals surface area contributed by atoms with Crippen molar-refractivity contribution in [3.8, 4) is 0 Å². The van der Waals surface area contributed by atoms with Gasteiger partial charge in [0.2, 0.25) is 12.2 Å². The number of nitrogens with one attached hydrogen (secondary N) is 1. The molecular weight excluding hydrogens is 1680 g/mol. The lowest BCUT2D eigenvalue weighted by Crippen LogP contribution is -2.69. The molecule has 0 spiro atoms. The van der Waals surface area contributed by atoms with Crippen molar-refractivity contribution in [3.05, 3.63) is 71.8 Å². The number of carbonyl (C=O) groups excluding carboxylic acids is 16. The summed E-state index contributed by atoms with van der Waals surface area (Å²) in [4.78, 5) is 214. The van der Waals surface area contributed by atoms with Gasteiger partial charge < -0.3 is 123 Å². The third-order valence-electron chi connectivity index (χ3n) is 17.1. The molecule has 0 aliphatic carbocycles. The lowest BCUT2D eigenvalue weighted by atomic mass is 9.95. The van der Waals surface area contributed by atoms with Gasteiger partial charge in [-0.3, -0.25) is 72.5 Å². The van der Waals surface area contributed by atoms with E-state index in [0.717, 1.165) is 96.9 Å². The van der Waals surface area contributed by atoms with Crippen molar-refractivity contribution in [2.45, 2.75) is 254 Å². The van der Waals surface area contributed by atoms with Gasteiger partial charge in [-0.15, -0.1) is 0 Å². The van der Waals surface area contributed by atoms with Crippen LogP contribution in [0.15, 0.2) is 60.7 Å². The maximum atomic E-state index is 15.3. The Kier molecular flexibility index (Phi) is 36.0. The molecule has 0 bridgehead atoms. The molecule has 5 heterocycles. The van der Waals surface area contributed by atoms with Crippen LogP contribution in [-0.4, -0.2) is 292 Å². The molecule has 25 atom stereocenters. The van der Waals surface area contributed by atoms with Gasteiger partial charge >= 0.3 is 95.5 Å². The number of rotatable bonds is 32. The molecule has 5 aliphatic heterocycles.